The van der Waals surface area contributed by atoms with Crippen LogP contribution >= 0.6 is 0 Å². The molecule has 1 aliphatic rings. The first-order chi connectivity index (χ1) is 6.79. The van der Waals surface area contributed by atoms with Gasteiger partial charge in [0.05, 0.1) is 0 Å². The van der Waals surface area contributed by atoms with Gasteiger partial charge in [-0.15, -0.1) is 0 Å². The summed E-state index contributed by atoms with van der Waals surface area (Å²) in [6, 6.07) is 0. The molecule has 14 heavy (non-hydrogen) atoms. The van der Waals surface area contributed by atoms with Gasteiger partial charge in [0.1, 0.15) is 0 Å². The Balaban J connectivity index is 1.79. The molecule has 0 aromatic heterocycles. The molecule has 0 heterocycles. The molecule has 0 bridgehead atoms. The van der Waals surface area contributed by atoms with Crippen molar-refractivity contribution in [2.75, 3.05) is 13.1 Å². The van der Waals surface area contributed by atoms with Crippen LogP contribution < -0.4 is 5.32 Å². The third-order valence-electron chi connectivity index (χ3n) is 3.24. The van der Waals surface area contributed by atoms with Gasteiger partial charge in [-0.05, 0) is 31.3 Å². The molecular weight excluding hydrogens is 170 g/mol. The van der Waals surface area contributed by atoms with Gasteiger partial charge in [0.15, 0.2) is 0 Å². The fourth-order valence-corrected chi connectivity index (χ4v) is 2.37. The van der Waals surface area contributed by atoms with Gasteiger partial charge in [0.2, 0.25) is 0 Å². The van der Waals surface area contributed by atoms with E-state index in [1.54, 1.807) is 0 Å². The number of nitrogens with one attached hydrogen (secondary N) is 1. The second kappa shape index (κ2) is 7.28. The highest BCUT2D eigenvalue weighted by Crippen LogP contribution is 2.28. The van der Waals surface area contributed by atoms with Crippen molar-refractivity contribution in [2.24, 2.45) is 11.8 Å². The van der Waals surface area contributed by atoms with E-state index in [2.05, 4.69) is 19.2 Å². The summed E-state index contributed by atoms with van der Waals surface area (Å²) in [5.74, 6) is 1.88. The minimum absolute atomic E-state index is 0.796. The summed E-state index contributed by atoms with van der Waals surface area (Å²) >= 11 is 0. The molecule has 1 fully saturated rings. The number of hydrogen-bond acceptors (Lipinski definition) is 1. The molecule has 0 atom stereocenters. The standard InChI is InChI=1S/C13H27N/c1-12(2)11-14-10-6-5-9-13-7-3-4-8-13/h12-14H,3-11H2,1-2H3. The normalized spacial score (nSPS) is 18.2. The Morgan fingerprint density at radius 1 is 1.14 bits per heavy atom. The van der Waals surface area contributed by atoms with E-state index in [1.807, 2.05) is 0 Å². The van der Waals surface area contributed by atoms with Gasteiger partial charge in [-0.25, -0.2) is 0 Å². The van der Waals surface area contributed by atoms with E-state index in [0.717, 1.165) is 11.8 Å². The molecule has 0 aromatic carbocycles. The molecule has 0 unspecified atom stereocenters. The molecule has 0 aromatic rings. The van der Waals surface area contributed by atoms with Gasteiger partial charge in [0, 0.05) is 0 Å². The van der Waals surface area contributed by atoms with Crippen LogP contribution in [0.4, 0.5) is 0 Å². The molecule has 0 aliphatic heterocycles. The van der Waals surface area contributed by atoms with Crippen molar-refractivity contribution >= 4 is 0 Å². The average molecular weight is 197 g/mol. The molecule has 1 nitrogen and oxygen atoms in total. The molecule has 0 radical (unpaired) electrons. The molecule has 1 heteroatoms. The minimum atomic E-state index is 0.796. The van der Waals surface area contributed by atoms with Crippen LogP contribution in [-0.2, 0) is 0 Å². The quantitative estimate of drug-likeness (QED) is 0.615. The summed E-state index contributed by atoms with van der Waals surface area (Å²) in [4.78, 5) is 0. The Morgan fingerprint density at radius 3 is 2.50 bits per heavy atom. The minimum Gasteiger partial charge on any atom is -0.316 e. The summed E-state index contributed by atoms with van der Waals surface area (Å²) < 4.78 is 0. The number of hydrogen-bond donors (Lipinski definition) is 1. The predicted octanol–water partition coefficient (Wildman–Crippen LogP) is 3.59. The fraction of sp³-hybridized carbons (Fsp3) is 1.00. The average Bonchev–Trinajstić information content (AvgIpc) is 2.63. The fourth-order valence-electron chi connectivity index (χ4n) is 2.37. The Bertz CT molecular complexity index is 125. The largest absolute Gasteiger partial charge is 0.316 e. The number of unbranched alkanes of at least 4 members (excludes halogenated alkanes) is 1. The highest BCUT2D eigenvalue weighted by atomic mass is 14.8. The first kappa shape index (κ1) is 12.0. The third kappa shape index (κ3) is 5.64. The Morgan fingerprint density at radius 2 is 1.86 bits per heavy atom. The first-order valence-corrected chi connectivity index (χ1v) is 6.49. The Hall–Kier alpha value is -0.0400. The van der Waals surface area contributed by atoms with E-state index < -0.39 is 0 Å². The van der Waals surface area contributed by atoms with Crippen LogP contribution in [0, 0.1) is 11.8 Å². The maximum atomic E-state index is 3.51. The van der Waals surface area contributed by atoms with Crippen molar-refractivity contribution < 1.29 is 0 Å². The van der Waals surface area contributed by atoms with Gasteiger partial charge in [0.25, 0.3) is 0 Å². The van der Waals surface area contributed by atoms with Crippen molar-refractivity contribution in [3.63, 3.8) is 0 Å². The van der Waals surface area contributed by atoms with Gasteiger partial charge in [-0.1, -0.05) is 52.4 Å². The second-order valence-electron chi connectivity index (χ2n) is 5.24. The molecular formula is C13H27N. The lowest BCUT2D eigenvalue weighted by atomic mass is 10.0. The molecule has 1 rings (SSSR count). The zero-order valence-electron chi connectivity index (χ0n) is 10.0. The third-order valence-corrected chi connectivity index (χ3v) is 3.24. The molecule has 1 aliphatic carbocycles. The van der Waals surface area contributed by atoms with Gasteiger partial charge < -0.3 is 5.32 Å². The van der Waals surface area contributed by atoms with Crippen LogP contribution in [0.5, 0.6) is 0 Å². The summed E-state index contributed by atoms with van der Waals surface area (Å²) in [5, 5.41) is 3.51. The topological polar surface area (TPSA) is 12.0 Å². The van der Waals surface area contributed by atoms with E-state index in [4.69, 9.17) is 0 Å². The van der Waals surface area contributed by atoms with E-state index >= 15 is 0 Å². The summed E-state index contributed by atoms with van der Waals surface area (Å²) in [7, 11) is 0. The lowest BCUT2D eigenvalue weighted by Gasteiger charge is -2.09. The highest BCUT2D eigenvalue weighted by Gasteiger charge is 2.13. The predicted molar refractivity (Wildman–Crippen MR) is 63.5 cm³/mol. The van der Waals surface area contributed by atoms with E-state index in [1.165, 1.54) is 58.0 Å². The van der Waals surface area contributed by atoms with Crippen molar-refractivity contribution in [3.8, 4) is 0 Å². The highest BCUT2D eigenvalue weighted by molar-refractivity contribution is 4.67. The van der Waals surface area contributed by atoms with Crippen LogP contribution in [0.25, 0.3) is 0 Å². The molecule has 0 saturated heterocycles. The first-order valence-electron chi connectivity index (χ1n) is 6.49. The zero-order valence-corrected chi connectivity index (χ0v) is 10.0. The molecule has 0 amide bonds. The van der Waals surface area contributed by atoms with Crippen LogP contribution in [-0.4, -0.2) is 13.1 Å². The summed E-state index contributed by atoms with van der Waals surface area (Å²) in [6.07, 6.45) is 10.3. The maximum absolute atomic E-state index is 3.51. The Kier molecular flexibility index (Phi) is 6.25. The molecule has 1 saturated carbocycles. The summed E-state index contributed by atoms with van der Waals surface area (Å²) in [5.41, 5.74) is 0. The lowest BCUT2D eigenvalue weighted by molar-refractivity contribution is 0.459. The monoisotopic (exact) mass is 197 g/mol. The smallest absolute Gasteiger partial charge is 0.00258 e. The second-order valence-corrected chi connectivity index (χ2v) is 5.24. The van der Waals surface area contributed by atoms with Gasteiger partial charge in [-0.3, -0.25) is 0 Å². The molecule has 0 spiro atoms. The van der Waals surface area contributed by atoms with Crippen molar-refractivity contribution in [2.45, 2.75) is 58.8 Å². The lowest BCUT2D eigenvalue weighted by Crippen LogP contribution is -2.20. The van der Waals surface area contributed by atoms with E-state index in [-0.39, 0.29) is 0 Å². The number of rotatable bonds is 7. The van der Waals surface area contributed by atoms with Crippen LogP contribution in [0.1, 0.15) is 58.8 Å². The van der Waals surface area contributed by atoms with Crippen molar-refractivity contribution in [1.82, 2.24) is 5.32 Å². The SMILES string of the molecule is CC(C)CNCCCCC1CCCC1. The van der Waals surface area contributed by atoms with E-state index in [0.29, 0.717) is 0 Å². The van der Waals surface area contributed by atoms with Crippen molar-refractivity contribution in [1.29, 1.82) is 0 Å². The Labute approximate surface area is 89.7 Å². The van der Waals surface area contributed by atoms with Crippen LogP contribution in [0.3, 0.4) is 0 Å². The zero-order chi connectivity index (χ0) is 10.2. The van der Waals surface area contributed by atoms with E-state index in [9.17, 15) is 0 Å². The maximum Gasteiger partial charge on any atom is -0.00258 e. The van der Waals surface area contributed by atoms with Crippen molar-refractivity contribution in [3.05, 3.63) is 0 Å². The van der Waals surface area contributed by atoms with Crippen LogP contribution in [0.15, 0.2) is 0 Å². The molecule has 1 N–H and O–H groups in total. The van der Waals surface area contributed by atoms with Gasteiger partial charge in [-0.2, -0.15) is 0 Å². The summed E-state index contributed by atoms with van der Waals surface area (Å²) in [6.45, 7) is 6.95. The van der Waals surface area contributed by atoms with Gasteiger partial charge >= 0.3 is 0 Å². The van der Waals surface area contributed by atoms with Crippen LogP contribution in [0.2, 0.25) is 0 Å². The molecule has 84 valence electrons.